The van der Waals surface area contributed by atoms with Crippen LogP contribution in [-0.2, 0) is 28.6 Å². The summed E-state index contributed by atoms with van der Waals surface area (Å²) in [6.45, 7) is 6.35. The van der Waals surface area contributed by atoms with E-state index in [1.165, 1.54) is 83.5 Å². The predicted molar refractivity (Wildman–Crippen MR) is 265 cm³/mol. The van der Waals surface area contributed by atoms with Crippen LogP contribution in [0.1, 0.15) is 220 Å². The van der Waals surface area contributed by atoms with Gasteiger partial charge in [-0.1, -0.05) is 208 Å². The second-order valence-corrected chi connectivity index (χ2v) is 16.5. The van der Waals surface area contributed by atoms with Gasteiger partial charge in [0.15, 0.2) is 6.10 Å². The second-order valence-electron chi connectivity index (χ2n) is 16.5. The Morgan fingerprint density at radius 1 is 0.355 bits per heavy atom. The van der Waals surface area contributed by atoms with Crippen molar-refractivity contribution in [2.24, 2.45) is 0 Å². The predicted octanol–water partition coefficient (Wildman–Crippen LogP) is 16.6. The van der Waals surface area contributed by atoms with E-state index in [2.05, 4.69) is 87.6 Å². The molecule has 0 spiro atoms. The molecule has 1 atom stereocenters. The van der Waals surface area contributed by atoms with Gasteiger partial charge in [0, 0.05) is 19.3 Å². The van der Waals surface area contributed by atoms with Crippen LogP contribution in [0.3, 0.4) is 0 Å². The molecule has 0 aromatic heterocycles. The van der Waals surface area contributed by atoms with Crippen LogP contribution in [0.25, 0.3) is 0 Å². The molecule has 0 N–H and O–H groups in total. The van der Waals surface area contributed by atoms with Gasteiger partial charge >= 0.3 is 17.9 Å². The van der Waals surface area contributed by atoms with Crippen LogP contribution in [0.4, 0.5) is 0 Å². The number of allylic oxidation sites excluding steroid dienone is 16. The van der Waals surface area contributed by atoms with Crippen molar-refractivity contribution in [3.8, 4) is 0 Å². The molecule has 1 unspecified atom stereocenters. The summed E-state index contributed by atoms with van der Waals surface area (Å²) in [5.74, 6) is -0.973. The van der Waals surface area contributed by atoms with Crippen molar-refractivity contribution in [2.75, 3.05) is 13.2 Å². The van der Waals surface area contributed by atoms with E-state index in [0.29, 0.717) is 19.3 Å². The third-order valence-corrected chi connectivity index (χ3v) is 10.4. The van der Waals surface area contributed by atoms with Gasteiger partial charge in [-0.05, 0) is 89.9 Å². The van der Waals surface area contributed by atoms with Gasteiger partial charge in [0.25, 0.3) is 0 Å². The number of unbranched alkanes of at least 4 members (excludes halogenated alkanes) is 21. The van der Waals surface area contributed by atoms with Crippen molar-refractivity contribution < 1.29 is 28.6 Å². The summed E-state index contributed by atoms with van der Waals surface area (Å²) >= 11 is 0. The molecule has 0 heterocycles. The van der Waals surface area contributed by atoms with E-state index in [9.17, 15) is 14.4 Å². The molecule has 0 aliphatic rings. The van der Waals surface area contributed by atoms with E-state index < -0.39 is 6.10 Å². The largest absolute Gasteiger partial charge is 0.462 e. The smallest absolute Gasteiger partial charge is 0.306 e. The number of rotatable bonds is 44. The summed E-state index contributed by atoms with van der Waals surface area (Å²) in [6.07, 6.45) is 65.4. The zero-order chi connectivity index (χ0) is 45.1. The number of hydrogen-bond donors (Lipinski definition) is 0. The molecule has 0 bridgehead atoms. The van der Waals surface area contributed by atoms with E-state index >= 15 is 0 Å². The molecule has 0 saturated carbocycles. The highest BCUT2D eigenvalue weighted by Crippen LogP contribution is 2.14. The molecule has 0 amide bonds. The zero-order valence-corrected chi connectivity index (χ0v) is 40.1. The van der Waals surface area contributed by atoms with Gasteiger partial charge < -0.3 is 14.2 Å². The molecule has 0 fully saturated rings. The molecule has 0 rings (SSSR count). The van der Waals surface area contributed by atoms with E-state index in [-0.39, 0.29) is 31.1 Å². The lowest BCUT2D eigenvalue weighted by Crippen LogP contribution is -2.30. The summed E-state index contributed by atoms with van der Waals surface area (Å²) in [4.78, 5) is 37.9. The third kappa shape index (κ3) is 47.4. The van der Waals surface area contributed by atoms with Crippen LogP contribution in [0, 0.1) is 0 Å². The lowest BCUT2D eigenvalue weighted by Gasteiger charge is -2.18. The summed E-state index contributed by atoms with van der Waals surface area (Å²) in [5.41, 5.74) is 0. The number of esters is 3. The molecule has 0 radical (unpaired) electrons. The Morgan fingerprint density at radius 2 is 0.726 bits per heavy atom. The van der Waals surface area contributed by atoms with E-state index in [0.717, 1.165) is 96.3 Å². The van der Waals surface area contributed by atoms with Crippen molar-refractivity contribution >= 4 is 17.9 Å². The summed E-state index contributed by atoms with van der Waals surface area (Å²) in [5, 5.41) is 0. The first-order valence-electron chi connectivity index (χ1n) is 25.3. The Bertz CT molecular complexity index is 1260. The minimum absolute atomic E-state index is 0.104. The summed E-state index contributed by atoms with van der Waals surface area (Å²) in [7, 11) is 0. The van der Waals surface area contributed by atoms with E-state index in [4.69, 9.17) is 14.2 Å². The van der Waals surface area contributed by atoms with Crippen LogP contribution in [-0.4, -0.2) is 37.2 Å². The monoisotopic (exact) mass is 861 g/mol. The van der Waals surface area contributed by atoms with Gasteiger partial charge in [-0.25, -0.2) is 0 Å². The maximum Gasteiger partial charge on any atom is 0.306 e. The Hall–Kier alpha value is -3.67. The minimum Gasteiger partial charge on any atom is -0.462 e. The van der Waals surface area contributed by atoms with Crippen molar-refractivity contribution in [3.63, 3.8) is 0 Å². The van der Waals surface area contributed by atoms with Crippen LogP contribution in [0.5, 0.6) is 0 Å². The SMILES string of the molecule is CC/C=C\C/C=C\CCCCC(=O)OCC(COC(=O)CCCCCCC\C=C/C=C\C=C/C=C\C=C/CCC)OC(=O)CCCCCCCCC/C=C\CCCCCCCC. The Balaban J connectivity index is 4.42. The van der Waals surface area contributed by atoms with E-state index in [1.54, 1.807) is 0 Å². The summed E-state index contributed by atoms with van der Waals surface area (Å²) < 4.78 is 16.7. The van der Waals surface area contributed by atoms with Crippen molar-refractivity contribution in [1.29, 1.82) is 0 Å². The van der Waals surface area contributed by atoms with Crippen LogP contribution in [0.2, 0.25) is 0 Å². The molecular formula is C56H92O6. The fraction of sp³-hybridized carbons (Fsp3) is 0.661. The first-order valence-corrected chi connectivity index (χ1v) is 25.3. The normalized spacial score (nSPS) is 12.9. The Kier molecular flexibility index (Phi) is 47.0. The maximum atomic E-state index is 12.8. The maximum absolute atomic E-state index is 12.8. The molecule has 0 aromatic rings. The average Bonchev–Trinajstić information content (AvgIpc) is 3.27. The van der Waals surface area contributed by atoms with Crippen LogP contribution < -0.4 is 0 Å². The third-order valence-electron chi connectivity index (χ3n) is 10.4. The Morgan fingerprint density at radius 3 is 1.23 bits per heavy atom. The van der Waals surface area contributed by atoms with Gasteiger partial charge in [0.2, 0.25) is 0 Å². The molecule has 62 heavy (non-hydrogen) atoms. The molecule has 6 heteroatoms. The number of carbonyl (C=O) groups is 3. The van der Waals surface area contributed by atoms with Gasteiger partial charge in [-0.15, -0.1) is 0 Å². The molecule has 0 aliphatic heterocycles. The lowest BCUT2D eigenvalue weighted by molar-refractivity contribution is -0.167. The fourth-order valence-electron chi connectivity index (χ4n) is 6.62. The van der Waals surface area contributed by atoms with Crippen molar-refractivity contribution in [2.45, 2.75) is 226 Å². The highest BCUT2D eigenvalue weighted by Gasteiger charge is 2.19. The first kappa shape index (κ1) is 58.3. The molecule has 0 aromatic carbocycles. The van der Waals surface area contributed by atoms with E-state index in [1.807, 2.05) is 30.4 Å². The molecule has 352 valence electrons. The van der Waals surface area contributed by atoms with Crippen molar-refractivity contribution in [3.05, 3.63) is 97.2 Å². The van der Waals surface area contributed by atoms with Gasteiger partial charge in [-0.3, -0.25) is 14.4 Å². The standard InChI is InChI=1S/C56H92O6/c1-4-7-10-13-16-19-21-23-25-27-29-30-32-34-37-40-43-46-49-55(58)61-52-53(51-60-54(57)48-45-42-39-36-18-15-12-9-6-3)62-56(59)50-47-44-41-38-35-33-31-28-26-24-22-20-17-14-11-8-5-2/h9-10,12-13,16,18-19,21,23-27,29-30,36,53H,4-8,11,14-15,17,20,22,28,31-35,37-52H2,1-3H3/b12-9-,13-10-,19-16-,23-21-,26-24-,27-25-,30-29-,36-18-. The topological polar surface area (TPSA) is 78.9 Å². The average molecular weight is 861 g/mol. The van der Waals surface area contributed by atoms with Gasteiger partial charge in [0.05, 0.1) is 0 Å². The first-order chi connectivity index (χ1) is 30.5. The molecule has 6 nitrogen and oxygen atoms in total. The fourth-order valence-corrected chi connectivity index (χ4v) is 6.62. The van der Waals surface area contributed by atoms with Crippen molar-refractivity contribution in [1.82, 2.24) is 0 Å². The molecular weight excluding hydrogens is 769 g/mol. The highest BCUT2D eigenvalue weighted by molar-refractivity contribution is 5.71. The number of carbonyl (C=O) groups excluding carboxylic acids is 3. The van der Waals surface area contributed by atoms with Gasteiger partial charge in [-0.2, -0.15) is 0 Å². The highest BCUT2D eigenvalue weighted by atomic mass is 16.6. The van der Waals surface area contributed by atoms with Crippen LogP contribution in [0.15, 0.2) is 97.2 Å². The quantitative estimate of drug-likeness (QED) is 0.0200. The zero-order valence-electron chi connectivity index (χ0n) is 40.1. The van der Waals surface area contributed by atoms with Gasteiger partial charge in [0.1, 0.15) is 13.2 Å². The molecule has 0 saturated heterocycles. The van der Waals surface area contributed by atoms with Crippen LogP contribution >= 0.6 is 0 Å². The summed E-state index contributed by atoms with van der Waals surface area (Å²) in [6, 6.07) is 0. The Labute approximate surface area is 381 Å². The number of ether oxygens (including phenoxy) is 3. The minimum atomic E-state index is -0.803. The molecule has 0 aliphatic carbocycles. The second kappa shape index (κ2) is 50.0. The number of hydrogen-bond acceptors (Lipinski definition) is 6. The lowest BCUT2D eigenvalue weighted by atomic mass is 10.1.